The lowest BCUT2D eigenvalue weighted by Gasteiger charge is -2.26. The predicted molar refractivity (Wildman–Crippen MR) is 94.3 cm³/mol. The summed E-state index contributed by atoms with van der Waals surface area (Å²) in [4.78, 5) is 40.4. The molecule has 2 rings (SSSR count). The van der Waals surface area contributed by atoms with Crippen LogP contribution in [-0.2, 0) is 0 Å². The Hall–Kier alpha value is -2.64. The number of nitrogens with zero attached hydrogens (tertiary/aromatic N) is 3. The van der Waals surface area contributed by atoms with Crippen LogP contribution in [0.2, 0.25) is 0 Å². The standard InChI is InChI=1S/C17H26N6O2/c1-10(2)6-13(22-16(24)14-7-18-11(3)20-14)9-23(5)17(25)15-8-19-12(4)21-15/h7-8,10,13H,6,9H2,1-5H3,(H,18,20)(H,19,21)(H,22,24). The number of imidazole rings is 2. The van der Waals surface area contributed by atoms with Gasteiger partial charge in [0.25, 0.3) is 11.8 Å². The van der Waals surface area contributed by atoms with E-state index in [1.165, 1.54) is 12.4 Å². The molecule has 136 valence electrons. The molecule has 8 nitrogen and oxygen atoms in total. The first-order chi connectivity index (χ1) is 11.8. The van der Waals surface area contributed by atoms with Crippen LogP contribution in [0.1, 0.15) is 52.9 Å². The number of rotatable bonds is 7. The van der Waals surface area contributed by atoms with Crippen LogP contribution < -0.4 is 5.32 Å². The number of hydrogen-bond donors (Lipinski definition) is 3. The minimum Gasteiger partial charge on any atom is -0.346 e. The van der Waals surface area contributed by atoms with Crippen LogP contribution in [0.25, 0.3) is 0 Å². The van der Waals surface area contributed by atoms with Crippen LogP contribution >= 0.6 is 0 Å². The first-order valence-electron chi connectivity index (χ1n) is 8.35. The molecule has 1 unspecified atom stereocenters. The van der Waals surface area contributed by atoms with Crippen molar-refractivity contribution in [3.63, 3.8) is 0 Å². The fourth-order valence-electron chi connectivity index (χ4n) is 2.70. The number of H-pyrrole nitrogens is 2. The summed E-state index contributed by atoms with van der Waals surface area (Å²) in [6, 6.07) is -0.158. The van der Waals surface area contributed by atoms with Crippen molar-refractivity contribution in [2.24, 2.45) is 5.92 Å². The quantitative estimate of drug-likeness (QED) is 0.709. The minimum absolute atomic E-state index is 0.152. The van der Waals surface area contributed by atoms with E-state index in [2.05, 4.69) is 39.1 Å². The zero-order valence-corrected chi connectivity index (χ0v) is 15.4. The Morgan fingerprint density at radius 2 is 1.68 bits per heavy atom. The fourth-order valence-corrected chi connectivity index (χ4v) is 2.70. The Morgan fingerprint density at radius 3 is 2.16 bits per heavy atom. The molecule has 0 radical (unpaired) electrons. The van der Waals surface area contributed by atoms with Gasteiger partial charge in [-0.05, 0) is 26.2 Å². The van der Waals surface area contributed by atoms with Gasteiger partial charge in [0.1, 0.15) is 23.0 Å². The number of aromatic nitrogens is 4. The third kappa shape index (κ3) is 5.17. The van der Waals surface area contributed by atoms with Crippen LogP contribution in [0.4, 0.5) is 0 Å². The molecule has 2 aromatic heterocycles. The molecular formula is C17H26N6O2. The summed E-state index contributed by atoms with van der Waals surface area (Å²) in [5, 5.41) is 2.99. The van der Waals surface area contributed by atoms with Crippen molar-refractivity contribution in [3.8, 4) is 0 Å². The van der Waals surface area contributed by atoms with E-state index in [-0.39, 0.29) is 17.9 Å². The Balaban J connectivity index is 2.03. The molecule has 0 aliphatic heterocycles. The van der Waals surface area contributed by atoms with Crippen LogP contribution in [-0.4, -0.2) is 56.3 Å². The number of nitrogens with one attached hydrogen (secondary N) is 3. The van der Waals surface area contributed by atoms with Crippen molar-refractivity contribution in [3.05, 3.63) is 35.4 Å². The maximum Gasteiger partial charge on any atom is 0.271 e. The van der Waals surface area contributed by atoms with Gasteiger partial charge in [-0.2, -0.15) is 0 Å². The highest BCUT2D eigenvalue weighted by Crippen LogP contribution is 2.09. The van der Waals surface area contributed by atoms with Gasteiger partial charge in [-0.3, -0.25) is 9.59 Å². The van der Waals surface area contributed by atoms with Crippen LogP contribution in [0.15, 0.2) is 12.4 Å². The van der Waals surface area contributed by atoms with Gasteiger partial charge in [0.05, 0.1) is 12.4 Å². The lowest BCUT2D eigenvalue weighted by molar-refractivity contribution is 0.0753. The van der Waals surface area contributed by atoms with Gasteiger partial charge in [-0.25, -0.2) is 9.97 Å². The average molecular weight is 346 g/mol. The molecule has 2 amide bonds. The second-order valence-electron chi connectivity index (χ2n) is 6.75. The highest BCUT2D eigenvalue weighted by molar-refractivity contribution is 5.93. The third-order valence-corrected chi connectivity index (χ3v) is 3.81. The molecule has 1 atom stereocenters. The lowest BCUT2D eigenvalue weighted by atomic mass is 10.0. The van der Waals surface area contributed by atoms with E-state index < -0.39 is 0 Å². The van der Waals surface area contributed by atoms with Crippen molar-refractivity contribution in [1.29, 1.82) is 0 Å². The molecule has 3 N–H and O–H groups in total. The number of likely N-dealkylation sites (N-methyl/N-ethyl adjacent to an activating group) is 1. The maximum absolute atomic E-state index is 12.5. The summed E-state index contributed by atoms with van der Waals surface area (Å²) in [6.45, 7) is 8.17. The number of amides is 2. The topological polar surface area (TPSA) is 107 Å². The van der Waals surface area contributed by atoms with E-state index in [0.717, 1.165) is 6.42 Å². The fraction of sp³-hybridized carbons (Fsp3) is 0.529. The predicted octanol–water partition coefficient (Wildman–Crippen LogP) is 1.67. The van der Waals surface area contributed by atoms with Crippen LogP contribution in [0.3, 0.4) is 0 Å². The highest BCUT2D eigenvalue weighted by atomic mass is 16.2. The van der Waals surface area contributed by atoms with Gasteiger partial charge in [0.15, 0.2) is 0 Å². The van der Waals surface area contributed by atoms with E-state index in [0.29, 0.717) is 35.5 Å². The molecule has 0 aliphatic carbocycles. The van der Waals surface area contributed by atoms with Gasteiger partial charge < -0.3 is 20.2 Å². The smallest absolute Gasteiger partial charge is 0.271 e. The van der Waals surface area contributed by atoms with E-state index in [1.54, 1.807) is 25.8 Å². The van der Waals surface area contributed by atoms with E-state index in [9.17, 15) is 9.59 Å². The first-order valence-corrected chi connectivity index (χ1v) is 8.35. The molecule has 0 spiro atoms. The highest BCUT2D eigenvalue weighted by Gasteiger charge is 2.22. The number of aromatic amines is 2. The monoisotopic (exact) mass is 346 g/mol. The maximum atomic E-state index is 12.5. The van der Waals surface area contributed by atoms with E-state index in [1.807, 2.05) is 0 Å². The SMILES string of the molecule is Cc1ncc(C(=O)NC(CC(C)C)CN(C)C(=O)c2cnc(C)[nH]2)[nH]1. The van der Waals surface area contributed by atoms with Crippen LogP contribution in [0.5, 0.6) is 0 Å². The van der Waals surface area contributed by atoms with Gasteiger partial charge in [-0.1, -0.05) is 13.8 Å². The molecule has 2 aromatic rings. The Morgan fingerprint density at radius 1 is 1.12 bits per heavy atom. The molecule has 2 heterocycles. The second kappa shape index (κ2) is 7.96. The molecule has 0 aliphatic rings. The number of carbonyl (C=O) groups excluding carboxylic acids is 2. The Bertz CT molecular complexity index is 733. The largest absolute Gasteiger partial charge is 0.346 e. The summed E-state index contributed by atoms with van der Waals surface area (Å²) in [7, 11) is 1.72. The zero-order valence-electron chi connectivity index (χ0n) is 15.4. The molecule has 25 heavy (non-hydrogen) atoms. The average Bonchev–Trinajstić information content (AvgIpc) is 3.14. The van der Waals surface area contributed by atoms with E-state index >= 15 is 0 Å². The minimum atomic E-state index is -0.218. The molecule has 0 saturated carbocycles. The summed E-state index contributed by atoms with van der Waals surface area (Å²) in [5.74, 6) is 1.39. The number of carbonyl (C=O) groups is 2. The second-order valence-corrected chi connectivity index (χ2v) is 6.75. The van der Waals surface area contributed by atoms with Gasteiger partial charge in [0.2, 0.25) is 0 Å². The number of aryl methyl sites for hydroxylation is 2. The zero-order chi connectivity index (χ0) is 18.6. The first kappa shape index (κ1) is 18.7. The van der Waals surface area contributed by atoms with Crippen LogP contribution in [0, 0.1) is 19.8 Å². The molecule has 0 bridgehead atoms. The van der Waals surface area contributed by atoms with E-state index in [4.69, 9.17) is 0 Å². The molecule has 0 fully saturated rings. The van der Waals surface area contributed by atoms with Gasteiger partial charge in [-0.15, -0.1) is 0 Å². The normalized spacial score (nSPS) is 12.2. The van der Waals surface area contributed by atoms with Crippen molar-refractivity contribution >= 4 is 11.8 Å². The van der Waals surface area contributed by atoms with Crippen molar-refractivity contribution in [2.75, 3.05) is 13.6 Å². The summed E-state index contributed by atoms with van der Waals surface area (Å²) in [6.07, 6.45) is 3.80. The molecular weight excluding hydrogens is 320 g/mol. The number of hydrogen-bond acceptors (Lipinski definition) is 4. The molecule has 0 aromatic carbocycles. The Labute approximate surface area is 147 Å². The van der Waals surface area contributed by atoms with Crippen molar-refractivity contribution in [2.45, 2.75) is 40.2 Å². The lowest BCUT2D eigenvalue weighted by Crippen LogP contribution is -2.45. The van der Waals surface area contributed by atoms with Gasteiger partial charge >= 0.3 is 0 Å². The Kier molecular flexibility index (Phi) is 5.95. The van der Waals surface area contributed by atoms with Gasteiger partial charge in [0, 0.05) is 19.6 Å². The molecule has 8 heteroatoms. The summed E-state index contributed by atoms with van der Waals surface area (Å²) in [5.41, 5.74) is 0.864. The summed E-state index contributed by atoms with van der Waals surface area (Å²) >= 11 is 0. The third-order valence-electron chi connectivity index (χ3n) is 3.81. The van der Waals surface area contributed by atoms with Crippen molar-refractivity contribution < 1.29 is 9.59 Å². The summed E-state index contributed by atoms with van der Waals surface area (Å²) < 4.78 is 0. The van der Waals surface area contributed by atoms with Crippen molar-refractivity contribution in [1.82, 2.24) is 30.2 Å². The molecule has 0 saturated heterocycles.